The van der Waals surface area contributed by atoms with Crippen LogP contribution in [0.4, 0.5) is 5.69 Å². The lowest BCUT2D eigenvalue weighted by molar-refractivity contribution is 0.340. The van der Waals surface area contributed by atoms with E-state index in [0.717, 1.165) is 16.5 Å². The summed E-state index contributed by atoms with van der Waals surface area (Å²) in [6, 6.07) is 14.3. The predicted octanol–water partition coefficient (Wildman–Crippen LogP) is 5.22. The average Bonchev–Trinajstić information content (AvgIpc) is 2.44. The molecule has 0 spiro atoms. The number of aryl methyl sites for hydroxylation is 1. The van der Waals surface area contributed by atoms with E-state index in [9.17, 15) is 0 Å². The van der Waals surface area contributed by atoms with Crippen molar-refractivity contribution in [2.45, 2.75) is 26.8 Å². The van der Waals surface area contributed by atoms with E-state index in [0.29, 0.717) is 6.61 Å². The zero-order valence-corrected chi connectivity index (χ0v) is 12.9. The van der Waals surface area contributed by atoms with Gasteiger partial charge in [-0.15, -0.1) is 0 Å². The third kappa shape index (κ3) is 3.67. The highest BCUT2D eigenvalue weighted by atomic mass is 35.5. The first-order chi connectivity index (χ1) is 9.60. The first kappa shape index (κ1) is 14.7. The monoisotopic (exact) mass is 289 g/mol. The van der Waals surface area contributed by atoms with Gasteiger partial charge in [0.25, 0.3) is 0 Å². The van der Waals surface area contributed by atoms with Gasteiger partial charge in [0.15, 0.2) is 0 Å². The predicted molar refractivity (Wildman–Crippen MR) is 85.8 cm³/mol. The van der Waals surface area contributed by atoms with Crippen molar-refractivity contribution >= 4 is 17.3 Å². The molecule has 0 fully saturated rings. The van der Waals surface area contributed by atoms with Gasteiger partial charge in [0.1, 0.15) is 5.75 Å². The minimum atomic E-state index is 0.211. The molecule has 106 valence electrons. The Bertz CT molecular complexity index is 566. The van der Waals surface area contributed by atoms with Gasteiger partial charge in [-0.3, -0.25) is 0 Å². The molecule has 0 aromatic heterocycles. The summed E-state index contributed by atoms with van der Waals surface area (Å²) in [7, 11) is 0. The van der Waals surface area contributed by atoms with Gasteiger partial charge in [0.2, 0.25) is 0 Å². The number of hydrogen-bond acceptors (Lipinski definition) is 2. The second-order valence-electron chi connectivity index (χ2n) is 4.83. The molecule has 3 heteroatoms. The Morgan fingerprint density at radius 2 is 1.85 bits per heavy atom. The van der Waals surface area contributed by atoms with E-state index < -0.39 is 0 Å². The molecule has 0 heterocycles. The standard InChI is InChI=1S/C17H20ClNO/c1-4-20-16-9-6-14(7-10-16)13(3)19-17-11-15(18)8-5-12(17)2/h5-11,13,19H,4H2,1-3H3. The van der Waals surface area contributed by atoms with Crippen molar-refractivity contribution in [3.8, 4) is 5.75 Å². The second-order valence-corrected chi connectivity index (χ2v) is 5.26. The largest absolute Gasteiger partial charge is 0.494 e. The van der Waals surface area contributed by atoms with Crippen molar-refractivity contribution in [2.75, 3.05) is 11.9 Å². The molecular formula is C17H20ClNO. The minimum absolute atomic E-state index is 0.211. The Morgan fingerprint density at radius 3 is 2.50 bits per heavy atom. The van der Waals surface area contributed by atoms with E-state index in [1.165, 1.54) is 11.1 Å². The average molecular weight is 290 g/mol. The van der Waals surface area contributed by atoms with Gasteiger partial charge >= 0.3 is 0 Å². The first-order valence-electron chi connectivity index (χ1n) is 6.85. The third-order valence-corrected chi connectivity index (χ3v) is 3.50. The number of anilines is 1. The number of hydrogen-bond donors (Lipinski definition) is 1. The molecule has 2 nitrogen and oxygen atoms in total. The minimum Gasteiger partial charge on any atom is -0.494 e. The Labute approximate surface area is 125 Å². The van der Waals surface area contributed by atoms with Crippen molar-refractivity contribution in [3.63, 3.8) is 0 Å². The van der Waals surface area contributed by atoms with Crippen molar-refractivity contribution in [3.05, 3.63) is 58.6 Å². The summed E-state index contributed by atoms with van der Waals surface area (Å²) in [5.41, 5.74) is 3.47. The van der Waals surface area contributed by atoms with Crippen molar-refractivity contribution in [1.82, 2.24) is 0 Å². The molecule has 0 saturated carbocycles. The van der Waals surface area contributed by atoms with Crippen LogP contribution in [-0.2, 0) is 0 Å². The van der Waals surface area contributed by atoms with Crippen LogP contribution in [0.1, 0.15) is 31.0 Å². The van der Waals surface area contributed by atoms with E-state index >= 15 is 0 Å². The zero-order chi connectivity index (χ0) is 14.5. The molecule has 0 aliphatic rings. The summed E-state index contributed by atoms with van der Waals surface area (Å²) in [6.45, 7) is 6.88. The fourth-order valence-corrected chi connectivity index (χ4v) is 2.26. The van der Waals surface area contributed by atoms with Crippen LogP contribution in [0.2, 0.25) is 5.02 Å². The Kier molecular flexibility index (Phi) is 4.91. The van der Waals surface area contributed by atoms with Crippen molar-refractivity contribution in [1.29, 1.82) is 0 Å². The number of benzene rings is 2. The van der Waals surface area contributed by atoms with Crippen LogP contribution in [0.15, 0.2) is 42.5 Å². The van der Waals surface area contributed by atoms with E-state index in [4.69, 9.17) is 16.3 Å². The van der Waals surface area contributed by atoms with Gasteiger partial charge in [-0.25, -0.2) is 0 Å². The molecule has 1 unspecified atom stereocenters. The fourth-order valence-electron chi connectivity index (χ4n) is 2.09. The SMILES string of the molecule is CCOc1ccc(C(C)Nc2cc(Cl)ccc2C)cc1. The summed E-state index contributed by atoms with van der Waals surface area (Å²) in [5, 5.41) is 4.24. The van der Waals surface area contributed by atoms with Gasteiger partial charge in [-0.05, 0) is 56.2 Å². The highest BCUT2D eigenvalue weighted by molar-refractivity contribution is 6.30. The molecule has 0 bridgehead atoms. The molecule has 1 N–H and O–H groups in total. The van der Waals surface area contributed by atoms with Gasteiger partial charge in [0, 0.05) is 16.8 Å². The number of halogens is 1. The van der Waals surface area contributed by atoms with Crippen LogP contribution in [0.25, 0.3) is 0 Å². The summed E-state index contributed by atoms with van der Waals surface area (Å²) >= 11 is 6.05. The Morgan fingerprint density at radius 1 is 1.15 bits per heavy atom. The third-order valence-electron chi connectivity index (χ3n) is 3.26. The van der Waals surface area contributed by atoms with Crippen molar-refractivity contribution in [2.24, 2.45) is 0 Å². The maximum absolute atomic E-state index is 6.05. The summed E-state index contributed by atoms with van der Waals surface area (Å²) in [6.07, 6.45) is 0. The highest BCUT2D eigenvalue weighted by Gasteiger charge is 2.07. The second kappa shape index (κ2) is 6.67. The lowest BCUT2D eigenvalue weighted by atomic mass is 10.1. The number of rotatable bonds is 5. The van der Waals surface area contributed by atoms with Gasteiger partial charge in [0.05, 0.1) is 6.61 Å². The highest BCUT2D eigenvalue weighted by Crippen LogP contribution is 2.26. The van der Waals surface area contributed by atoms with E-state index in [1.54, 1.807) is 0 Å². The van der Waals surface area contributed by atoms with Crippen molar-refractivity contribution < 1.29 is 4.74 Å². The smallest absolute Gasteiger partial charge is 0.119 e. The summed E-state index contributed by atoms with van der Waals surface area (Å²) < 4.78 is 5.46. The molecule has 0 radical (unpaired) electrons. The zero-order valence-electron chi connectivity index (χ0n) is 12.1. The maximum Gasteiger partial charge on any atom is 0.119 e. The van der Waals surface area contributed by atoms with Crippen LogP contribution in [0.5, 0.6) is 5.75 Å². The van der Waals surface area contributed by atoms with E-state index in [1.807, 2.05) is 37.3 Å². The molecule has 0 saturated heterocycles. The molecule has 0 aliphatic heterocycles. The quantitative estimate of drug-likeness (QED) is 0.815. The number of nitrogens with one attached hydrogen (secondary N) is 1. The molecule has 2 aromatic rings. The van der Waals surface area contributed by atoms with Crippen LogP contribution in [0.3, 0.4) is 0 Å². The normalized spacial score (nSPS) is 12.0. The molecule has 0 amide bonds. The summed E-state index contributed by atoms with van der Waals surface area (Å²) in [5.74, 6) is 0.905. The topological polar surface area (TPSA) is 21.3 Å². The van der Waals surface area contributed by atoms with E-state index in [-0.39, 0.29) is 6.04 Å². The first-order valence-corrected chi connectivity index (χ1v) is 7.23. The van der Waals surface area contributed by atoms with Gasteiger partial charge < -0.3 is 10.1 Å². The molecule has 20 heavy (non-hydrogen) atoms. The Balaban J connectivity index is 2.11. The van der Waals surface area contributed by atoms with Crippen LogP contribution >= 0.6 is 11.6 Å². The van der Waals surface area contributed by atoms with E-state index in [2.05, 4.69) is 31.3 Å². The molecular weight excluding hydrogens is 270 g/mol. The van der Waals surface area contributed by atoms with Crippen LogP contribution in [0, 0.1) is 6.92 Å². The lowest BCUT2D eigenvalue weighted by Crippen LogP contribution is -2.07. The summed E-state index contributed by atoms with van der Waals surface area (Å²) in [4.78, 5) is 0. The molecule has 0 aliphatic carbocycles. The molecule has 1 atom stereocenters. The fraction of sp³-hybridized carbons (Fsp3) is 0.294. The molecule has 2 aromatic carbocycles. The van der Waals surface area contributed by atoms with Crippen LogP contribution in [-0.4, -0.2) is 6.61 Å². The maximum atomic E-state index is 6.05. The van der Waals surface area contributed by atoms with Crippen LogP contribution < -0.4 is 10.1 Å². The lowest BCUT2D eigenvalue weighted by Gasteiger charge is -2.18. The molecule has 2 rings (SSSR count). The van der Waals surface area contributed by atoms with Gasteiger partial charge in [-0.2, -0.15) is 0 Å². The Hall–Kier alpha value is -1.67. The van der Waals surface area contributed by atoms with Gasteiger partial charge in [-0.1, -0.05) is 29.8 Å². The number of ether oxygens (including phenoxy) is 1.